The molecule has 3 rings (SSSR count). The van der Waals surface area contributed by atoms with Crippen LogP contribution < -0.4 is 10.6 Å². The molecule has 0 saturated heterocycles. The van der Waals surface area contributed by atoms with Crippen LogP contribution in [0.3, 0.4) is 0 Å². The molecule has 1 aromatic carbocycles. The van der Waals surface area contributed by atoms with Crippen molar-refractivity contribution in [2.75, 3.05) is 11.9 Å². The summed E-state index contributed by atoms with van der Waals surface area (Å²) >= 11 is 13.2. The topological polar surface area (TPSA) is 102 Å². The van der Waals surface area contributed by atoms with Gasteiger partial charge in [0.25, 0.3) is 5.91 Å². The number of halogens is 2. The van der Waals surface area contributed by atoms with Gasteiger partial charge in [0.05, 0.1) is 40.6 Å². The lowest BCUT2D eigenvalue weighted by Gasteiger charge is -2.06. The third-order valence-corrected chi connectivity index (χ3v) is 6.36. The number of amides is 2. The average molecular weight is 495 g/mol. The summed E-state index contributed by atoms with van der Waals surface area (Å²) in [6.45, 7) is 7.11. The van der Waals surface area contributed by atoms with Crippen LogP contribution in [-0.2, 0) is 17.8 Å². The van der Waals surface area contributed by atoms with Gasteiger partial charge in [-0.1, -0.05) is 59.7 Å². The quantitative estimate of drug-likeness (QED) is 0.460. The van der Waals surface area contributed by atoms with Crippen molar-refractivity contribution < 1.29 is 9.59 Å². The fraction of sp³-hybridized carbons (Fsp3) is 0.381. The molecule has 0 radical (unpaired) electrons. The Hall–Kier alpha value is -2.49. The lowest BCUT2D eigenvalue weighted by atomic mass is 10.1. The first-order chi connectivity index (χ1) is 15.2. The second kappa shape index (κ2) is 10.9. The fourth-order valence-corrected chi connectivity index (χ4v) is 3.90. The summed E-state index contributed by atoms with van der Waals surface area (Å²) < 4.78 is 1.70. The highest BCUT2D eigenvalue weighted by atomic mass is 35.5. The molecule has 0 aliphatic heterocycles. The van der Waals surface area contributed by atoms with Gasteiger partial charge in [0.15, 0.2) is 5.13 Å². The van der Waals surface area contributed by atoms with Crippen molar-refractivity contribution >= 4 is 51.5 Å². The highest BCUT2D eigenvalue weighted by Gasteiger charge is 2.16. The Morgan fingerprint density at radius 3 is 2.72 bits per heavy atom. The van der Waals surface area contributed by atoms with E-state index in [-0.39, 0.29) is 18.2 Å². The molecule has 0 saturated carbocycles. The molecule has 0 atom stereocenters. The van der Waals surface area contributed by atoms with Gasteiger partial charge in [0.1, 0.15) is 4.88 Å². The predicted molar refractivity (Wildman–Crippen MR) is 127 cm³/mol. The number of thiazole rings is 1. The van der Waals surface area contributed by atoms with Crippen LogP contribution >= 0.6 is 34.5 Å². The molecule has 2 N–H and O–H groups in total. The highest BCUT2D eigenvalue weighted by molar-refractivity contribution is 7.17. The number of benzene rings is 1. The Bertz CT molecular complexity index is 1110. The fourth-order valence-electron chi connectivity index (χ4n) is 2.83. The Balaban J connectivity index is 1.56. The lowest BCUT2D eigenvalue weighted by Crippen LogP contribution is -2.24. The van der Waals surface area contributed by atoms with Gasteiger partial charge in [-0.25, -0.2) is 9.67 Å². The summed E-state index contributed by atoms with van der Waals surface area (Å²) in [5.41, 5.74) is 2.26. The van der Waals surface area contributed by atoms with E-state index < -0.39 is 0 Å². The number of aromatic nitrogens is 4. The Labute approximate surface area is 200 Å². The second-order valence-corrected chi connectivity index (χ2v) is 9.57. The van der Waals surface area contributed by atoms with Crippen LogP contribution in [0, 0.1) is 12.8 Å². The van der Waals surface area contributed by atoms with Gasteiger partial charge in [-0.2, -0.15) is 0 Å². The van der Waals surface area contributed by atoms with Gasteiger partial charge in [-0.3, -0.25) is 9.59 Å². The minimum Gasteiger partial charge on any atom is -0.351 e. The summed E-state index contributed by atoms with van der Waals surface area (Å²) in [6, 6.07) is 5.36. The van der Waals surface area contributed by atoms with Crippen LogP contribution in [0.2, 0.25) is 10.0 Å². The standard InChI is InChI=1S/C21H24Cl2N6O2S/c1-12(2)6-7-24-20(31)18-10-25-21(32-18)26-19(30)9-17-13(3)29(28-27-17)11-14-4-5-15(22)16(23)8-14/h4-5,8,10,12H,6-7,9,11H2,1-3H3,(H,24,31)(H,25,26,30). The molecule has 32 heavy (non-hydrogen) atoms. The summed E-state index contributed by atoms with van der Waals surface area (Å²) in [4.78, 5) is 29.2. The van der Waals surface area contributed by atoms with Gasteiger partial charge in [0, 0.05) is 6.54 Å². The highest BCUT2D eigenvalue weighted by Crippen LogP contribution is 2.23. The van der Waals surface area contributed by atoms with E-state index in [1.54, 1.807) is 16.8 Å². The van der Waals surface area contributed by atoms with E-state index in [0.717, 1.165) is 29.0 Å². The molecular formula is C21H24Cl2N6O2S. The summed E-state index contributed by atoms with van der Waals surface area (Å²) in [5, 5.41) is 15.2. The molecule has 0 bridgehead atoms. The molecule has 2 aromatic heterocycles. The normalized spacial score (nSPS) is 11.1. The zero-order valence-corrected chi connectivity index (χ0v) is 20.3. The zero-order chi connectivity index (χ0) is 23.3. The molecular weight excluding hydrogens is 471 g/mol. The second-order valence-electron chi connectivity index (χ2n) is 7.72. The van der Waals surface area contributed by atoms with Gasteiger partial charge in [0.2, 0.25) is 5.91 Å². The molecule has 0 spiro atoms. The van der Waals surface area contributed by atoms with Crippen molar-refractivity contribution in [3.8, 4) is 0 Å². The molecule has 170 valence electrons. The number of anilines is 1. The van der Waals surface area contributed by atoms with Gasteiger partial charge >= 0.3 is 0 Å². The van der Waals surface area contributed by atoms with Crippen molar-refractivity contribution in [2.24, 2.45) is 5.92 Å². The van der Waals surface area contributed by atoms with E-state index in [1.165, 1.54) is 6.20 Å². The Morgan fingerprint density at radius 1 is 1.22 bits per heavy atom. The zero-order valence-electron chi connectivity index (χ0n) is 18.0. The molecule has 3 aromatic rings. The van der Waals surface area contributed by atoms with Gasteiger partial charge < -0.3 is 10.6 Å². The smallest absolute Gasteiger partial charge is 0.263 e. The van der Waals surface area contributed by atoms with E-state index in [4.69, 9.17) is 23.2 Å². The lowest BCUT2D eigenvalue weighted by molar-refractivity contribution is -0.115. The molecule has 8 nitrogen and oxygen atoms in total. The van der Waals surface area contributed by atoms with Gasteiger partial charge in [-0.15, -0.1) is 5.10 Å². The minimum absolute atomic E-state index is 0.0444. The predicted octanol–water partition coefficient (Wildman–Crippen LogP) is 4.36. The van der Waals surface area contributed by atoms with Crippen molar-refractivity contribution in [3.63, 3.8) is 0 Å². The third-order valence-electron chi connectivity index (χ3n) is 4.71. The SMILES string of the molecule is Cc1c(CC(=O)Nc2ncc(C(=O)NCCC(C)C)s2)nnn1Cc1ccc(Cl)c(Cl)c1. The molecule has 0 aliphatic rings. The number of hydrogen-bond acceptors (Lipinski definition) is 6. The first kappa shape index (κ1) is 24.2. The number of rotatable bonds is 9. The van der Waals surface area contributed by atoms with Gasteiger partial charge in [-0.05, 0) is 37.0 Å². The molecule has 11 heteroatoms. The number of carbonyl (C=O) groups excluding carboxylic acids is 2. The van der Waals surface area contributed by atoms with Crippen LogP contribution in [0.4, 0.5) is 5.13 Å². The summed E-state index contributed by atoms with van der Waals surface area (Å²) in [7, 11) is 0. The van der Waals surface area contributed by atoms with Crippen LogP contribution in [0.5, 0.6) is 0 Å². The summed E-state index contributed by atoms with van der Waals surface area (Å²) in [5.74, 6) is 0.0394. The molecule has 0 unspecified atom stereocenters. The third kappa shape index (κ3) is 6.51. The van der Waals surface area contributed by atoms with E-state index in [2.05, 4.69) is 39.8 Å². The molecule has 2 amide bonds. The van der Waals surface area contributed by atoms with E-state index in [9.17, 15) is 9.59 Å². The maximum Gasteiger partial charge on any atom is 0.263 e. The summed E-state index contributed by atoms with van der Waals surface area (Å²) in [6.07, 6.45) is 2.41. The molecule has 2 heterocycles. The van der Waals surface area contributed by atoms with Crippen LogP contribution in [0.25, 0.3) is 0 Å². The van der Waals surface area contributed by atoms with E-state index in [1.807, 2.05) is 13.0 Å². The van der Waals surface area contributed by atoms with E-state index in [0.29, 0.717) is 44.8 Å². The maximum absolute atomic E-state index is 12.5. The Morgan fingerprint density at radius 2 is 2.00 bits per heavy atom. The Kier molecular flexibility index (Phi) is 8.22. The molecule has 0 fully saturated rings. The molecule has 0 aliphatic carbocycles. The van der Waals surface area contributed by atoms with Crippen LogP contribution in [0.15, 0.2) is 24.4 Å². The van der Waals surface area contributed by atoms with Crippen LogP contribution in [-0.4, -0.2) is 38.3 Å². The van der Waals surface area contributed by atoms with Crippen molar-refractivity contribution in [3.05, 3.63) is 56.3 Å². The first-order valence-corrected chi connectivity index (χ1v) is 11.7. The largest absolute Gasteiger partial charge is 0.351 e. The monoisotopic (exact) mass is 494 g/mol. The van der Waals surface area contributed by atoms with Crippen molar-refractivity contribution in [1.82, 2.24) is 25.3 Å². The van der Waals surface area contributed by atoms with Crippen LogP contribution in [0.1, 0.15) is 46.9 Å². The maximum atomic E-state index is 12.5. The number of hydrogen-bond donors (Lipinski definition) is 2. The van der Waals surface area contributed by atoms with Crippen molar-refractivity contribution in [1.29, 1.82) is 0 Å². The average Bonchev–Trinajstić information content (AvgIpc) is 3.32. The number of nitrogens with one attached hydrogen (secondary N) is 2. The van der Waals surface area contributed by atoms with Crippen molar-refractivity contribution in [2.45, 2.75) is 40.2 Å². The number of carbonyl (C=O) groups is 2. The first-order valence-electron chi connectivity index (χ1n) is 10.1. The number of nitrogens with zero attached hydrogens (tertiary/aromatic N) is 4. The minimum atomic E-state index is -0.282. The van der Waals surface area contributed by atoms with E-state index >= 15 is 0 Å².